The topological polar surface area (TPSA) is 89.8 Å². The average Bonchev–Trinajstić information content (AvgIpc) is 3.01. The minimum absolute atomic E-state index is 0.00995. The quantitative estimate of drug-likeness (QED) is 0.622. The lowest BCUT2D eigenvalue weighted by atomic mass is 10.2. The van der Waals surface area contributed by atoms with Crippen LogP contribution in [-0.4, -0.2) is 30.6 Å². The highest BCUT2D eigenvalue weighted by Gasteiger charge is 2.21. The summed E-state index contributed by atoms with van der Waals surface area (Å²) in [6.07, 6.45) is 2.90. The molecule has 0 saturated carbocycles. The molecular formula is C17H15Cl2N3O4S. The third kappa shape index (κ3) is 3.87. The Kier molecular flexibility index (Phi) is 5.32. The van der Waals surface area contributed by atoms with E-state index in [0.717, 1.165) is 0 Å². The van der Waals surface area contributed by atoms with Crippen LogP contribution in [0.15, 0.2) is 41.6 Å². The summed E-state index contributed by atoms with van der Waals surface area (Å²) in [5.41, 5.74) is 1.47. The lowest BCUT2D eigenvalue weighted by Gasteiger charge is -2.11. The molecule has 3 rings (SSSR count). The van der Waals surface area contributed by atoms with Gasteiger partial charge in [-0.2, -0.15) is 5.10 Å². The van der Waals surface area contributed by atoms with E-state index in [0.29, 0.717) is 16.1 Å². The summed E-state index contributed by atoms with van der Waals surface area (Å²) in [6, 6.07) is 5.79. The standard InChI is InChI=1S/C17H15Cl2N3O4S/c1-3-26-17(23)12-9-20-22-5-4-11(7-15(12)22)21-27(24,25)16-6-10(2)13(18)8-14(16)19/h4-9,21H,3H2,1-2H3. The van der Waals surface area contributed by atoms with Gasteiger partial charge < -0.3 is 4.74 Å². The fourth-order valence-electron chi connectivity index (χ4n) is 2.46. The summed E-state index contributed by atoms with van der Waals surface area (Å²) >= 11 is 12.0. The lowest BCUT2D eigenvalue weighted by molar-refractivity contribution is 0.0528. The van der Waals surface area contributed by atoms with E-state index in [1.165, 1.54) is 41.2 Å². The van der Waals surface area contributed by atoms with Crippen LogP contribution < -0.4 is 4.72 Å². The first kappa shape index (κ1) is 19.5. The van der Waals surface area contributed by atoms with Gasteiger partial charge in [0.2, 0.25) is 0 Å². The molecule has 1 N–H and O–H groups in total. The molecule has 27 heavy (non-hydrogen) atoms. The van der Waals surface area contributed by atoms with Crippen LogP contribution in [0.5, 0.6) is 0 Å². The Bertz CT molecular complexity index is 1140. The molecule has 2 aromatic heterocycles. The van der Waals surface area contributed by atoms with E-state index in [4.69, 9.17) is 27.9 Å². The van der Waals surface area contributed by atoms with Gasteiger partial charge in [-0.3, -0.25) is 4.72 Å². The van der Waals surface area contributed by atoms with Crippen LogP contribution in [0.25, 0.3) is 5.52 Å². The molecule has 3 aromatic rings. The number of hydrogen-bond acceptors (Lipinski definition) is 5. The van der Waals surface area contributed by atoms with Crippen molar-refractivity contribution < 1.29 is 17.9 Å². The second-order valence-electron chi connectivity index (χ2n) is 5.66. The Balaban J connectivity index is 2.00. The van der Waals surface area contributed by atoms with Gasteiger partial charge in [-0.1, -0.05) is 23.2 Å². The number of esters is 1. The van der Waals surface area contributed by atoms with Gasteiger partial charge in [0.15, 0.2) is 0 Å². The van der Waals surface area contributed by atoms with Crippen molar-refractivity contribution in [1.82, 2.24) is 9.61 Å². The summed E-state index contributed by atoms with van der Waals surface area (Å²) in [7, 11) is -3.96. The zero-order valence-electron chi connectivity index (χ0n) is 14.4. The van der Waals surface area contributed by atoms with Gasteiger partial charge in [-0.15, -0.1) is 0 Å². The lowest BCUT2D eigenvalue weighted by Crippen LogP contribution is -2.14. The maximum Gasteiger partial charge on any atom is 0.341 e. The first-order chi connectivity index (χ1) is 12.7. The molecule has 142 valence electrons. The second-order valence-corrected chi connectivity index (χ2v) is 8.13. The van der Waals surface area contributed by atoms with E-state index < -0.39 is 16.0 Å². The van der Waals surface area contributed by atoms with Crippen molar-refractivity contribution in [3.05, 3.63) is 57.8 Å². The van der Waals surface area contributed by atoms with Crippen molar-refractivity contribution >= 4 is 50.4 Å². The highest BCUT2D eigenvalue weighted by Crippen LogP contribution is 2.30. The number of ether oxygens (including phenoxy) is 1. The zero-order valence-corrected chi connectivity index (χ0v) is 16.7. The SMILES string of the molecule is CCOC(=O)c1cnn2ccc(NS(=O)(=O)c3cc(C)c(Cl)cc3Cl)cc12. The van der Waals surface area contributed by atoms with Gasteiger partial charge in [0.1, 0.15) is 10.5 Å². The molecule has 7 nitrogen and oxygen atoms in total. The fraction of sp³-hybridized carbons (Fsp3) is 0.176. The number of carbonyl (C=O) groups is 1. The Hall–Kier alpha value is -2.29. The number of nitrogens with zero attached hydrogens (tertiary/aromatic N) is 2. The van der Waals surface area contributed by atoms with Crippen molar-refractivity contribution in [3.8, 4) is 0 Å². The van der Waals surface area contributed by atoms with Crippen LogP contribution in [0.4, 0.5) is 5.69 Å². The van der Waals surface area contributed by atoms with Gasteiger partial charge in [-0.25, -0.2) is 17.7 Å². The molecule has 0 aliphatic heterocycles. The van der Waals surface area contributed by atoms with Crippen LogP contribution in [-0.2, 0) is 14.8 Å². The molecule has 0 aliphatic rings. The van der Waals surface area contributed by atoms with Crippen LogP contribution in [0.1, 0.15) is 22.8 Å². The number of pyridine rings is 1. The van der Waals surface area contributed by atoms with Gasteiger partial charge >= 0.3 is 5.97 Å². The van der Waals surface area contributed by atoms with Crippen LogP contribution in [0, 0.1) is 6.92 Å². The molecule has 0 saturated heterocycles. The normalized spacial score (nSPS) is 11.6. The first-order valence-corrected chi connectivity index (χ1v) is 10.1. The first-order valence-electron chi connectivity index (χ1n) is 7.86. The van der Waals surface area contributed by atoms with E-state index in [1.54, 1.807) is 13.8 Å². The van der Waals surface area contributed by atoms with E-state index in [2.05, 4.69) is 9.82 Å². The average molecular weight is 428 g/mol. The summed E-state index contributed by atoms with van der Waals surface area (Å²) < 4.78 is 34.3. The van der Waals surface area contributed by atoms with Crippen molar-refractivity contribution in [1.29, 1.82) is 0 Å². The summed E-state index contributed by atoms with van der Waals surface area (Å²) in [5, 5.41) is 4.44. The molecule has 10 heteroatoms. The molecule has 0 radical (unpaired) electrons. The summed E-state index contributed by atoms with van der Waals surface area (Å²) in [4.78, 5) is 11.9. The largest absolute Gasteiger partial charge is 0.462 e. The van der Waals surface area contributed by atoms with Gasteiger partial charge in [-0.05, 0) is 43.7 Å². The number of aromatic nitrogens is 2. The molecule has 0 atom stereocenters. The Morgan fingerprint density at radius 2 is 2.00 bits per heavy atom. The van der Waals surface area contributed by atoms with E-state index in [1.807, 2.05) is 0 Å². The number of fused-ring (bicyclic) bond motifs is 1. The number of nitrogens with one attached hydrogen (secondary N) is 1. The van der Waals surface area contributed by atoms with Crippen LogP contribution in [0.2, 0.25) is 10.0 Å². The van der Waals surface area contributed by atoms with Crippen molar-refractivity contribution in [2.75, 3.05) is 11.3 Å². The van der Waals surface area contributed by atoms with Crippen LogP contribution in [0.3, 0.4) is 0 Å². The fourth-order valence-corrected chi connectivity index (χ4v) is 4.34. The molecule has 2 heterocycles. The molecule has 0 fully saturated rings. The summed E-state index contributed by atoms with van der Waals surface area (Å²) in [6.45, 7) is 3.60. The maximum absolute atomic E-state index is 12.7. The Morgan fingerprint density at radius 3 is 2.70 bits per heavy atom. The Labute approximate surface area is 165 Å². The third-order valence-electron chi connectivity index (χ3n) is 3.77. The summed E-state index contributed by atoms with van der Waals surface area (Å²) in [5.74, 6) is -0.538. The monoisotopic (exact) mass is 427 g/mol. The smallest absolute Gasteiger partial charge is 0.341 e. The Morgan fingerprint density at radius 1 is 1.26 bits per heavy atom. The number of anilines is 1. The minimum Gasteiger partial charge on any atom is -0.462 e. The van der Waals surface area contributed by atoms with E-state index in [9.17, 15) is 13.2 Å². The molecule has 0 unspecified atom stereocenters. The highest BCUT2D eigenvalue weighted by molar-refractivity contribution is 7.92. The second kappa shape index (κ2) is 7.38. The van der Waals surface area contributed by atoms with Crippen LogP contribution >= 0.6 is 23.2 Å². The predicted molar refractivity (Wildman–Crippen MR) is 103 cm³/mol. The molecular weight excluding hydrogens is 413 g/mol. The number of rotatable bonds is 5. The number of hydrogen-bond donors (Lipinski definition) is 1. The van der Waals surface area contributed by atoms with Gasteiger partial charge in [0.25, 0.3) is 10.0 Å². The van der Waals surface area contributed by atoms with Crippen molar-refractivity contribution in [2.45, 2.75) is 18.7 Å². The van der Waals surface area contributed by atoms with Crippen molar-refractivity contribution in [2.24, 2.45) is 0 Å². The van der Waals surface area contributed by atoms with Crippen molar-refractivity contribution in [3.63, 3.8) is 0 Å². The number of carbonyl (C=O) groups excluding carboxylic acids is 1. The predicted octanol–water partition coefficient (Wildman–Crippen LogP) is 3.93. The zero-order chi connectivity index (χ0) is 19.8. The minimum atomic E-state index is -3.96. The number of benzene rings is 1. The number of halogens is 2. The molecule has 0 spiro atoms. The molecule has 0 aliphatic carbocycles. The van der Waals surface area contributed by atoms with Gasteiger partial charge in [0.05, 0.1) is 29.0 Å². The van der Waals surface area contributed by atoms with E-state index in [-0.39, 0.29) is 27.8 Å². The molecule has 0 amide bonds. The number of sulfonamides is 1. The van der Waals surface area contributed by atoms with Gasteiger partial charge in [0, 0.05) is 11.2 Å². The highest BCUT2D eigenvalue weighted by atomic mass is 35.5. The maximum atomic E-state index is 12.7. The molecule has 0 bridgehead atoms. The molecule has 1 aromatic carbocycles. The van der Waals surface area contributed by atoms with E-state index >= 15 is 0 Å². The third-order valence-corrected chi connectivity index (χ3v) is 6.02. The number of aryl methyl sites for hydroxylation is 1.